The molecule has 2 aromatic rings. The van der Waals surface area contributed by atoms with E-state index in [-0.39, 0.29) is 17.7 Å². The van der Waals surface area contributed by atoms with Crippen molar-refractivity contribution in [2.75, 3.05) is 6.61 Å². The van der Waals surface area contributed by atoms with Crippen LogP contribution in [-0.2, 0) is 11.3 Å². The molecule has 1 N–H and O–H groups in total. The van der Waals surface area contributed by atoms with E-state index in [1.807, 2.05) is 18.4 Å². The van der Waals surface area contributed by atoms with Crippen LogP contribution in [0, 0.1) is 6.92 Å². The van der Waals surface area contributed by atoms with Crippen molar-refractivity contribution in [3.05, 3.63) is 45.4 Å². The van der Waals surface area contributed by atoms with E-state index >= 15 is 0 Å². The summed E-state index contributed by atoms with van der Waals surface area (Å²) in [5, 5.41) is 5.06. The topological polar surface area (TPSA) is 51.2 Å². The molecule has 0 fully saturated rings. The van der Waals surface area contributed by atoms with Gasteiger partial charge in [-0.15, -0.1) is 11.3 Å². The zero-order chi connectivity index (χ0) is 13.7. The summed E-state index contributed by atoms with van der Waals surface area (Å²) < 4.78 is 5.30. The molecule has 2 aromatic heterocycles. The molecule has 0 atom stereocenters. The number of rotatable bonds is 5. The third-order valence-corrected chi connectivity index (χ3v) is 3.80. The lowest BCUT2D eigenvalue weighted by molar-refractivity contribution is -0.123. The molecular weight excluding hydrogens is 284 g/mol. The van der Waals surface area contributed by atoms with E-state index in [1.54, 1.807) is 29.7 Å². The van der Waals surface area contributed by atoms with Crippen molar-refractivity contribution in [2.45, 2.75) is 13.5 Å². The van der Waals surface area contributed by atoms with Crippen LogP contribution in [0.4, 0.5) is 0 Å². The summed E-state index contributed by atoms with van der Waals surface area (Å²) in [6.45, 7) is 2.46. The quantitative estimate of drug-likeness (QED) is 0.863. The molecule has 19 heavy (non-hydrogen) atoms. The van der Waals surface area contributed by atoms with Gasteiger partial charge in [-0.25, -0.2) is 4.98 Å². The molecule has 0 aliphatic carbocycles. The highest BCUT2D eigenvalue weighted by Crippen LogP contribution is 2.20. The first-order chi connectivity index (χ1) is 9.16. The first-order valence-corrected chi connectivity index (χ1v) is 6.95. The molecule has 0 saturated heterocycles. The minimum Gasteiger partial charge on any atom is -0.481 e. The molecule has 100 valence electrons. The Kier molecular flexibility index (Phi) is 4.76. The molecule has 0 aliphatic rings. The zero-order valence-corrected chi connectivity index (χ0v) is 11.9. The molecule has 0 unspecified atom stereocenters. The third-order valence-electron chi connectivity index (χ3n) is 2.50. The number of halogens is 1. The molecular formula is C13H13ClN2O2S. The number of hydrogen-bond acceptors (Lipinski definition) is 4. The number of carbonyl (C=O) groups excluding carboxylic acids is 1. The number of amides is 1. The van der Waals surface area contributed by atoms with E-state index in [0.717, 1.165) is 4.88 Å². The Bertz CT molecular complexity index is 571. The first kappa shape index (κ1) is 13.8. The lowest BCUT2D eigenvalue weighted by atomic mass is 10.3. The van der Waals surface area contributed by atoms with Crippen molar-refractivity contribution in [3.63, 3.8) is 0 Å². The van der Waals surface area contributed by atoms with Crippen molar-refractivity contribution in [3.8, 4) is 5.75 Å². The fraction of sp³-hybridized carbons (Fsp3) is 0.231. The van der Waals surface area contributed by atoms with Gasteiger partial charge in [0.15, 0.2) is 17.5 Å². The molecule has 0 spiro atoms. The largest absolute Gasteiger partial charge is 0.481 e. The number of pyridine rings is 1. The van der Waals surface area contributed by atoms with Crippen molar-refractivity contribution in [1.82, 2.24) is 10.3 Å². The first-order valence-electron chi connectivity index (χ1n) is 5.70. The molecule has 0 aliphatic heterocycles. The average Bonchev–Trinajstić information content (AvgIpc) is 2.81. The smallest absolute Gasteiger partial charge is 0.258 e. The standard InChI is InChI=1S/C13H13ClN2O2S/c1-9-4-6-19-11(9)7-16-12(17)8-18-10-3-2-5-15-13(10)14/h2-6H,7-8H2,1H3,(H,16,17). The summed E-state index contributed by atoms with van der Waals surface area (Å²) in [4.78, 5) is 16.7. The molecule has 4 nitrogen and oxygen atoms in total. The third kappa shape index (κ3) is 3.94. The summed E-state index contributed by atoms with van der Waals surface area (Å²) in [5.74, 6) is 0.222. The average molecular weight is 297 g/mol. The maximum absolute atomic E-state index is 11.6. The van der Waals surface area contributed by atoms with E-state index in [4.69, 9.17) is 16.3 Å². The van der Waals surface area contributed by atoms with Gasteiger partial charge >= 0.3 is 0 Å². The minimum absolute atomic E-state index is 0.0736. The van der Waals surface area contributed by atoms with Gasteiger partial charge in [0.2, 0.25) is 0 Å². The number of nitrogens with zero attached hydrogens (tertiary/aromatic N) is 1. The molecule has 0 aromatic carbocycles. The van der Waals surface area contributed by atoms with Gasteiger partial charge in [0, 0.05) is 11.1 Å². The highest BCUT2D eigenvalue weighted by Gasteiger charge is 2.07. The van der Waals surface area contributed by atoms with Crippen molar-refractivity contribution in [2.24, 2.45) is 0 Å². The number of carbonyl (C=O) groups is 1. The summed E-state index contributed by atoms with van der Waals surface area (Å²) >= 11 is 7.44. The van der Waals surface area contributed by atoms with Crippen LogP contribution in [0.2, 0.25) is 5.15 Å². The number of nitrogens with one attached hydrogen (secondary N) is 1. The van der Waals surface area contributed by atoms with E-state index < -0.39 is 0 Å². The van der Waals surface area contributed by atoms with E-state index in [1.165, 1.54) is 5.56 Å². The van der Waals surface area contributed by atoms with E-state index in [0.29, 0.717) is 12.3 Å². The van der Waals surface area contributed by atoms with Gasteiger partial charge in [-0.2, -0.15) is 0 Å². The second-order valence-electron chi connectivity index (χ2n) is 3.88. The molecule has 2 rings (SSSR count). The van der Waals surface area contributed by atoms with Gasteiger partial charge in [0.1, 0.15) is 0 Å². The van der Waals surface area contributed by atoms with E-state index in [2.05, 4.69) is 10.3 Å². The van der Waals surface area contributed by atoms with Gasteiger partial charge in [-0.3, -0.25) is 4.79 Å². The van der Waals surface area contributed by atoms with Crippen molar-refractivity contribution < 1.29 is 9.53 Å². The molecule has 2 heterocycles. The molecule has 0 radical (unpaired) electrons. The second kappa shape index (κ2) is 6.54. The lowest BCUT2D eigenvalue weighted by Crippen LogP contribution is -2.28. The predicted octanol–water partition coefficient (Wildman–Crippen LogP) is 2.80. The van der Waals surface area contributed by atoms with Gasteiger partial charge in [0.25, 0.3) is 5.91 Å². The van der Waals surface area contributed by atoms with Gasteiger partial charge in [-0.05, 0) is 36.1 Å². The Labute approximate surface area is 120 Å². The summed E-state index contributed by atoms with van der Waals surface area (Å²) in [6.07, 6.45) is 1.56. The Morgan fingerprint density at radius 2 is 2.37 bits per heavy atom. The molecule has 0 bridgehead atoms. The number of aryl methyl sites for hydroxylation is 1. The maximum atomic E-state index is 11.6. The highest BCUT2D eigenvalue weighted by molar-refractivity contribution is 7.10. The van der Waals surface area contributed by atoms with Crippen molar-refractivity contribution in [1.29, 1.82) is 0 Å². The highest BCUT2D eigenvalue weighted by atomic mass is 35.5. The predicted molar refractivity (Wildman–Crippen MR) is 75.6 cm³/mol. The van der Waals surface area contributed by atoms with Gasteiger partial charge in [-0.1, -0.05) is 11.6 Å². The molecule has 0 saturated carbocycles. The minimum atomic E-state index is -0.187. The summed E-state index contributed by atoms with van der Waals surface area (Å²) in [6, 6.07) is 5.40. The van der Waals surface area contributed by atoms with Crippen LogP contribution >= 0.6 is 22.9 Å². The summed E-state index contributed by atoms with van der Waals surface area (Å²) in [7, 11) is 0. The fourth-order valence-corrected chi connectivity index (χ4v) is 2.46. The Hall–Kier alpha value is -1.59. The monoisotopic (exact) mass is 296 g/mol. The van der Waals surface area contributed by atoms with Crippen LogP contribution in [0.1, 0.15) is 10.4 Å². The van der Waals surface area contributed by atoms with Crippen LogP contribution in [0.5, 0.6) is 5.75 Å². The normalized spacial score (nSPS) is 10.2. The van der Waals surface area contributed by atoms with Crippen molar-refractivity contribution >= 4 is 28.8 Å². The lowest BCUT2D eigenvalue weighted by Gasteiger charge is -2.07. The zero-order valence-electron chi connectivity index (χ0n) is 10.4. The van der Waals surface area contributed by atoms with Crippen LogP contribution in [-0.4, -0.2) is 17.5 Å². The van der Waals surface area contributed by atoms with Crippen LogP contribution in [0.15, 0.2) is 29.8 Å². The maximum Gasteiger partial charge on any atom is 0.258 e. The fourth-order valence-electron chi connectivity index (χ4n) is 1.44. The Morgan fingerprint density at radius 1 is 1.53 bits per heavy atom. The number of hydrogen-bond donors (Lipinski definition) is 1. The number of aromatic nitrogens is 1. The second-order valence-corrected chi connectivity index (χ2v) is 5.24. The Morgan fingerprint density at radius 3 is 3.05 bits per heavy atom. The summed E-state index contributed by atoms with van der Waals surface area (Å²) in [5.41, 5.74) is 1.18. The Balaban J connectivity index is 1.79. The number of thiophene rings is 1. The molecule has 1 amide bonds. The number of ether oxygens (including phenoxy) is 1. The van der Waals surface area contributed by atoms with E-state index in [9.17, 15) is 4.79 Å². The van der Waals surface area contributed by atoms with Crippen LogP contribution in [0.25, 0.3) is 0 Å². The van der Waals surface area contributed by atoms with Gasteiger partial charge in [0.05, 0.1) is 6.54 Å². The SMILES string of the molecule is Cc1ccsc1CNC(=O)COc1cccnc1Cl. The van der Waals surface area contributed by atoms with Crippen LogP contribution in [0.3, 0.4) is 0 Å². The molecule has 6 heteroatoms. The van der Waals surface area contributed by atoms with Crippen LogP contribution < -0.4 is 10.1 Å². The van der Waals surface area contributed by atoms with Gasteiger partial charge < -0.3 is 10.1 Å².